The third-order valence-electron chi connectivity index (χ3n) is 1.87. The summed E-state index contributed by atoms with van der Waals surface area (Å²) in [6, 6.07) is 3.11. The van der Waals surface area contributed by atoms with Crippen molar-refractivity contribution in [1.82, 2.24) is 5.43 Å². The molecule has 0 fully saturated rings. The number of carboxylic acid groups (broad SMARTS) is 2. The molecule has 1 amide bonds. The molecule has 5 N–H and O–H groups in total. The number of carbonyl (C=O) groups excluding carboxylic acids is 1. The van der Waals surface area contributed by atoms with Crippen LogP contribution >= 0.6 is 0 Å². The number of amides is 1. The molecule has 0 aliphatic rings. The van der Waals surface area contributed by atoms with E-state index in [0.717, 1.165) is 18.2 Å². The first-order valence-corrected chi connectivity index (χ1v) is 4.09. The lowest BCUT2D eigenvalue weighted by Gasteiger charge is -2.05. The topological polar surface area (TPSA) is 130 Å². The monoisotopic (exact) mass is 224 g/mol. The maximum absolute atomic E-state index is 11.2. The Balaban J connectivity index is 3.36. The Hall–Kier alpha value is -2.41. The van der Waals surface area contributed by atoms with Crippen molar-refractivity contribution in [3.63, 3.8) is 0 Å². The van der Waals surface area contributed by atoms with Gasteiger partial charge in [-0.2, -0.15) is 0 Å². The summed E-state index contributed by atoms with van der Waals surface area (Å²) in [6.07, 6.45) is 0. The van der Waals surface area contributed by atoms with Gasteiger partial charge >= 0.3 is 11.9 Å². The molecule has 0 bridgehead atoms. The molecule has 0 heterocycles. The number of hydrogen-bond donors (Lipinski definition) is 4. The maximum Gasteiger partial charge on any atom is 0.336 e. The smallest absolute Gasteiger partial charge is 0.336 e. The number of nitrogens with two attached hydrogens (primary N) is 1. The highest BCUT2D eigenvalue weighted by Crippen LogP contribution is 2.12. The number of hydrogen-bond acceptors (Lipinski definition) is 4. The van der Waals surface area contributed by atoms with Crippen LogP contribution in [-0.4, -0.2) is 28.1 Å². The van der Waals surface area contributed by atoms with Crippen molar-refractivity contribution in [3.8, 4) is 0 Å². The Labute approximate surface area is 89.5 Å². The number of carbonyl (C=O) groups is 3. The highest BCUT2D eigenvalue weighted by molar-refractivity contribution is 6.06. The zero-order valence-electron chi connectivity index (χ0n) is 7.93. The summed E-state index contributed by atoms with van der Waals surface area (Å²) < 4.78 is 0. The molecule has 0 spiro atoms. The van der Waals surface area contributed by atoms with Crippen molar-refractivity contribution in [1.29, 1.82) is 0 Å². The van der Waals surface area contributed by atoms with Crippen molar-refractivity contribution in [2.24, 2.45) is 5.84 Å². The lowest BCUT2D eigenvalue weighted by atomic mass is 10.0. The minimum Gasteiger partial charge on any atom is -0.478 e. The van der Waals surface area contributed by atoms with E-state index in [9.17, 15) is 14.4 Å². The normalized spacial score (nSPS) is 9.56. The molecule has 16 heavy (non-hydrogen) atoms. The Morgan fingerprint density at radius 2 is 1.69 bits per heavy atom. The minimum absolute atomic E-state index is 0.194. The van der Waals surface area contributed by atoms with Crippen LogP contribution in [0.2, 0.25) is 0 Å². The summed E-state index contributed by atoms with van der Waals surface area (Å²) in [5.74, 6) is 1.39. The van der Waals surface area contributed by atoms with E-state index in [1.54, 1.807) is 5.43 Å². The van der Waals surface area contributed by atoms with Gasteiger partial charge in [0.15, 0.2) is 0 Å². The Bertz CT molecular complexity index is 469. The van der Waals surface area contributed by atoms with Crippen molar-refractivity contribution >= 4 is 17.8 Å². The first kappa shape index (κ1) is 11.7. The lowest BCUT2D eigenvalue weighted by molar-refractivity contribution is 0.0691. The largest absolute Gasteiger partial charge is 0.478 e. The van der Waals surface area contributed by atoms with E-state index in [-0.39, 0.29) is 11.1 Å². The fourth-order valence-corrected chi connectivity index (χ4v) is 1.13. The molecule has 7 nitrogen and oxygen atoms in total. The molecule has 0 unspecified atom stereocenters. The number of nitrogen functional groups attached to an aromatic ring is 1. The van der Waals surface area contributed by atoms with Gasteiger partial charge < -0.3 is 10.2 Å². The van der Waals surface area contributed by atoms with Gasteiger partial charge in [-0.25, -0.2) is 15.4 Å². The molecule has 1 rings (SSSR count). The molecule has 0 aliphatic carbocycles. The number of aromatic carboxylic acids is 2. The molecule has 1 aromatic carbocycles. The van der Waals surface area contributed by atoms with E-state index < -0.39 is 23.4 Å². The summed E-state index contributed by atoms with van der Waals surface area (Å²) in [5.41, 5.74) is 0.950. The number of benzene rings is 1. The first-order valence-electron chi connectivity index (χ1n) is 4.09. The second-order valence-electron chi connectivity index (χ2n) is 2.84. The van der Waals surface area contributed by atoms with Crippen LogP contribution in [0.5, 0.6) is 0 Å². The van der Waals surface area contributed by atoms with Crippen LogP contribution in [0.15, 0.2) is 18.2 Å². The van der Waals surface area contributed by atoms with Crippen LogP contribution in [0.3, 0.4) is 0 Å². The van der Waals surface area contributed by atoms with Gasteiger partial charge in [0, 0.05) is 0 Å². The average Bonchev–Trinajstić information content (AvgIpc) is 2.26. The number of nitrogens with one attached hydrogen (secondary N) is 1. The number of rotatable bonds is 3. The minimum atomic E-state index is -1.40. The van der Waals surface area contributed by atoms with Gasteiger partial charge in [-0.05, 0) is 18.2 Å². The van der Waals surface area contributed by atoms with Crippen molar-refractivity contribution in [3.05, 3.63) is 34.9 Å². The summed E-state index contributed by atoms with van der Waals surface area (Å²) in [6.45, 7) is 0. The molecular formula is C9H8N2O5. The van der Waals surface area contributed by atoms with E-state index in [2.05, 4.69) is 0 Å². The SMILES string of the molecule is NNC(=O)c1ccc(C(=O)O)cc1C(=O)O. The van der Waals surface area contributed by atoms with Gasteiger partial charge in [-0.15, -0.1) is 0 Å². The molecule has 7 heteroatoms. The maximum atomic E-state index is 11.2. The Morgan fingerprint density at radius 1 is 1.06 bits per heavy atom. The van der Waals surface area contributed by atoms with Crippen molar-refractivity contribution in [2.75, 3.05) is 0 Å². The third-order valence-corrected chi connectivity index (χ3v) is 1.87. The second kappa shape index (κ2) is 4.41. The van der Waals surface area contributed by atoms with E-state index in [4.69, 9.17) is 16.1 Å². The number of carboxylic acids is 2. The predicted molar refractivity (Wildman–Crippen MR) is 52.0 cm³/mol. The van der Waals surface area contributed by atoms with Crippen LogP contribution < -0.4 is 11.3 Å². The lowest BCUT2D eigenvalue weighted by Crippen LogP contribution is -2.31. The molecule has 0 atom stereocenters. The van der Waals surface area contributed by atoms with Crippen LogP contribution in [0, 0.1) is 0 Å². The van der Waals surface area contributed by atoms with E-state index >= 15 is 0 Å². The van der Waals surface area contributed by atoms with Gasteiger partial charge in [-0.3, -0.25) is 10.2 Å². The van der Waals surface area contributed by atoms with Crippen LogP contribution in [-0.2, 0) is 0 Å². The van der Waals surface area contributed by atoms with Crippen LogP contribution in [0.4, 0.5) is 0 Å². The van der Waals surface area contributed by atoms with Gasteiger partial charge in [-0.1, -0.05) is 0 Å². The standard InChI is InChI=1S/C9H8N2O5/c10-11-7(12)5-2-1-4(8(13)14)3-6(5)9(15)16/h1-3H,10H2,(H,11,12)(H,13,14)(H,15,16). The first-order chi connectivity index (χ1) is 7.47. The highest BCUT2D eigenvalue weighted by Gasteiger charge is 2.18. The molecule has 1 aromatic rings. The molecule has 0 aromatic heterocycles. The van der Waals surface area contributed by atoms with Crippen molar-refractivity contribution < 1.29 is 24.6 Å². The van der Waals surface area contributed by atoms with Crippen molar-refractivity contribution in [2.45, 2.75) is 0 Å². The molecule has 0 aliphatic heterocycles. The summed E-state index contributed by atoms with van der Waals surface area (Å²) in [5, 5.41) is 17.5. The van der Waals surface area contributed by atoms with Crippen LogP contribution in [0.1, 0.15) is 31.1 Å². The van der Waals surface area contributed by atoms with E-state index in [1.807, 2.05) is 0 Å². The molecule has 0 radical (unpaired) electrons. The van der Waals surface area contributed by atoms with Gasteiger partial charge in [0.2, 0.25) is 0 Å². The summed E-state index contributed by atoms with van der Waals surface area (Å²) in [7, 11) is 0. The molecule has 0 saturated heterocycles. The zero-order chi connectivity index (χ0) is 12.3. The Kier molecular flexibility index (Phi) is 3.21. The highest BCUT2D eigenvalue weighted by atomic mass is 16.4. The van der Waals surface area contributed by atoms with E-state index in [1.165, 1.54) is 0 Å². The average molecular weight is 224 g/mol. The summed E-state index contributed by atoms with van der Waals surface area (Å²) in [4.78, 5) is 32.6. The third kappa shape index (κ3) is 2.15. The zero-order valence-corrected chi connectivity index (χ0v) is 7.93. The fourth-order valence-electron chi connectivity index (χ4n) is 1.13. The second-order valence-corrected chi connectivity index (χ2v) is 2.84. The quantitative estimate of drug-likeness (QED) is 0.316. The molecule has 84 valence electrons. The molecule has 0 saturated carbocycles. The number of hydrazine groups is 1. The van der Waals surface area contributed by atoms with Gasteiger partial charge in [0.25, 0.3) is 5.91 Å². The van der Waals surface area contributed by atoms with Gasteiger partial charge in [0.1, 0.15) is 0 Å². The summed E-state index contributed by atoms with van der Waals surface area (Å²) >= 11 is 0. The Morgan fingerprint density at radius 3 is 2.12 bits per heavy atom. The van der Waals surface area contributed by atoms with E-state index in [0.29, 0.717) is 0 Å². The molecular weight excluding hydrogens is 216 g/mol. The predicted octanol–water partition coefficient (Wildman–Crippen LogP) is -0.314. The van der Waals surface area contributed by atoms with Crippen LogP contribution in [0.25, 0.3) is 0 Å². The van der Waals surface area contributed by atoms with Gasteiger partial charge in [0.05, 0.1) is 16.7 Å². The fraction of sp³-hybridized carbons (Fsp3) is 0.